The summed E-state index contributed by atoms with van der Waals surface area (Å²) in [6, 6.07) is 9.72. The van der Waals surface area contributed by atoms with Crippen LogP contribution in [0.3, 0.4) is 0 Å². The van der Waals surface area contributed by atoms with Crippen LogP contribution in [0.5, 0.6) is 0 Å². The molecule has 0 bridgehead atoms. The van der Waals surface area contributed by atoms with Crippen molar-refractivity contribution in [2.45, 2.75) is 6.17 Å². The molecule has 1 atom stereocenters. The van der Waals surface area contributed by atoms with Gasteiger partial charge in [-0.1, -0.05) is 18.2 Å². The van der Waals surface area contributed by atoms with Gasteiger partial charge in [0.2, 0.25) is 0 Å². The molecule has 1 aromatic rings. The first-order valence-electron chi connectivity index (χ1n) is 6.32. The van der Waals surface area contributed by atoms with E-state index in [0.29, 0.717) is 6.61 Å². The molecule has 18 heavy (non-hydrogen) atoms. The van der Waals surface area contributed by atoms with Gasteiger partial charge in [-0.15, -0.1) is 0 Å². The Morgan fingerprint density at radius 3 is 2.61 bits per heavy atom. The number of piperazine rings is 1. The van der Waals surface area contributed by atoms with E-state index in [1.165, 1.54) is 0 Å². The number of nitrogens with zero attached hydrogens (tertiary/aromatic N) is 2. The first kappa shape index (κ1) is 11.5. The second kappa shape index (κ2) is 4.96. The zero-order valence-electron chi connectivity index (χ0n) is 10.2. The number of benzene rings is 1. The molecule has 1 amide bonds. The fraction of sp³-hybridized carbons (Fsp3) is 0.462. The summed E-state index contributed by atoms with van der Waals surface area (Å²) in [5.74, 6) is 0. The molecule has 0 spiro atoms. The van der Waals surface area contributed by atoms with Gasteiger partial charge in [-0.3, -0.25) is 9.80 Å². The summed E-state index contributed by atoms with van der Waals surface area (Å²) in [7, 11) is 0. The molecule has 0 aromatic heterocycles. The molecule has 5 nitrogen and oxygen atoms in total. The number of rotatable bonds is 2. The van der Waals surface area contributed by atoms with Gasteiger partial charge < -0.3 is 10.1 Å². The van der Waals surface area contributed by atoms with Gasteiger partial charge in [-0.2, -0.15) is 0 Å². The minimum Gasteiger partial charge on any atom is -0.445 e. The second-order valence-electron chi connectivity index (χ2n) is 4.55. The van der Waals surface area contributed by atoms with Gasteiger partial charge in [-0.05, 0) is 12.1 Å². The lowest BCUT2D eigenvalue weighted by Gasteiger charge is -2.35. The molecule has 2 saturated heterocycles. The van der Waals surface area contributed by atoms with Gasteiger partial charge in [0.25, 0.3) is 0 Å². The van der Waals surface area contributed by atoms with Crippen LogP contribution in [-0.2, 0) is 4.74 Å². The SMILES string of the molecule is O=C1OCC(N2CCNCC2)N1c1ccccc1. The number of hydrogen-bond acceptors (Lipinski definition) is 4. The lowest BCUT2D eigenvalue weighted by molar-refractivity contribution is 0.140. The van der Waals surface area contributed by atoms with E-state index in [2.05, 4.69) is 10.2 Å². The molecule has 2 aliphatic rings. The zero-order chi connectivity index (χ0) is 12.4. The molecule has 0 aliphatic carbocycles. The fourth-order valence-electron chi connectivity index (χ4n) is 2.53. The third kappa shape index (κ3) is 2.07. The summed E-state index contributed by atoms with van der Waals surface area (Å²) >= 11 is 0. The van der Waals surface area contributed by atoms with Crippen molar-refractivity contribution < 1.29 is 9.53 Å². The molecule has 2 aliphatic heterocycles. The number of nitrogens with one attached hydrogen (secondary N) is 1. The molecule has 3 rings (SSSR count). The van der Waals surface area contributed by atoms with E-state index in [1.54, 1.807) is 4.90 Å². The number of carbonyl (C=O) groups excluding carboxylic acids is 1. The first-order chi connectivity index (χ1) is 8.86. The highest BCUT2D eigenvalue weighted by atomic mass is 16.6. The maximum absolute atomic E-state index is 11.9. The van der Waals surface area contributed by atoms with Crippen molar-refractivity contribution in [3.05, 3.63) is 30.3 Å². The highest BCUT2D eigenvalue weighted by Gasteiger charge is 2.38. The summed E-state index contributed by atoms with van der Waals surface area (Å²) < 4.78 is 5.21. The average molecular weight is 247 g/mol. The Hall–Kier alpha value is -1.59. The summed E-state index contributed by atoms with van der Waals surface area (Å²) in [5.41, 5.74) is 0.906. The van der Waals surface area contributed by atoms with E-state index in [9.17, 15) is 4.79 Å². The molecule has 2 heterocycles. The van der Waals surface area contributed by atoms with Crippen molar-refractivity contribution >= 4 is 11.8 Å². The van der Waals surface area contributed by atoms with E-state index in [1.807, 2.05) is 30.3 Å². The van der Waals surface area contributed by atoms with E-state index in [4.69, 9.17) is 4.74 Å². The average Bonchev–Trinajstić information content (AvgIpc) is 2.83. The Labute approximate surface area is 106 Å². The van der Waals surface area contributed by atoms with Crippen LogP contribution in [0.4, 0.5) is 10.5 Å². The largest absolute Gasteiger partial charge is 0.445 e. The molecule has 2 fully saturated rings. The van der Waals surface area contributed by atoms with Crippen LogP contribution >= 0.6 is 0 Å². The maximum atomic E-state index is 11.9. The van der Waals surface area contributed by atoms with E-state index < -0.39 is 0 Å². The first-order valence-corrected chi connectivity index (χ1v) is 6.32. The minimum atomic E-state index is -0.246. The molecule has 0 saturated carbocycles. The molecule has 5 heteroatoms. The van der Waals surface area contributed by atoms with Crippen LogP contribution in [-0.4, -0.2) is 49.9 Å². The predicted molar refractivity (Wildman–Crippen MR) is 68.5 cm³/mol. The van der Waals surface area contributed by atoms with Gasteiger partial charge in [0.05, 0.1) is 0 Å². The van der Waals surface area contributed by atoms with Crippen LogP contribution in [0.2, 0.25) is 0 Å². The van der Waals surface area contributed by atoms with Crippen LogP contribution in [0.1, 0.15) is 0 Å². The number of carbonyl (C=O) groups is 1. The summed E-state index contributed by atoms with van der Waals surface area (Å²) in [6.45, 7) is 4.28. The topological polar surface area (TPSA) is 44.8 Å². The number of anilines is 1. The molecule has 0 radical (unpaired) electrons. The quantitative estimate of drug-likeness (QED) is 0.842. The number of para-hydroxylation sites is 1. The number of hydrogen-bond donors (Lipinski definition) is 1. The number of ether oxygens (including phenoxy) is 1. The lowest BCUT2D eigenvalue weighted by Crippen LogP contribution is -2.54. The van der Waals surface area contributed by atoms with E-state index >= 15 is 0 Å². The molecule has 1 unspecified atom stereocenters. The minimum absolute atomic E-state index is 0.0296. The molecule has 96 valence electrons. The fourth-order valence-corrected chi connectivity index (χ4v) is 2.53. The lowest BCUT2D eigenvalue weighted by atomic mass is 10.2. The number of amides is 1. The van der Waals surface area contributed by atoms with E-state index in [-0.39, 0.29) is 12.3 Å². The molecule has 1 N–H and O–H groups in total. The Morgan fingerprint density at radius 2 is 1.89 bits per heavy atom. The standard InChI is InChI=1S/C13H17N3O2/c17-13-16(11-4-2-1-3-5-11)12(10-18-13)15-8-6-14-7-9-15/h1-5,12,14H,6-10H2. The van der Waals surface area contributed by atoms with Gasteiger partial charge in [0.1, 0.15) is 12.8 Å². The van der Waals surface area contributed by atoms with Gasteiger partial charge in [0, 0.05) is 31.9 Å². The molecule has 1 aromatic carbocycles. The Balaban J connectivity index is 1.83. The highest BCUT2D eigenvalue weighted by molar-refractivity contribution is 5.90. The van der Waals surface area contributed by atoms with Crippen molar-refractivity contribution in [3.8, 4) is 0 Å². The molecular formula is C13H17N3O2. The van der Waals surface area contributed by atoms with Gasteiger partial charge in [0.15, 0.2) is 0 Å². The molecular weight excluding hydrogens is 230 g/mol. The van der Waals surface area contributed by atoms with Crippen molar-refractivity contribution in [1.29, 1.82) is 0 Å². The zero-order valence-corrected chi connectivity index (χ0v) is 10.2. The Morgan fingerprint density at radius 1 is 1.17 bits per heavy atom. The Kier molecular flexibility index (Phi) is 3.17. The van der Waals surface area contributed by atoms with Crippen molar-refractivity contribution in [2.75, 3.05) is 37.7 Å². The van der Waals surface area contributed by atoms with Crippen LogP contribution in [0.25, 0.3) is 0 Å². The summed E-state index contributed by atoms with van der Waals surface area (Å²) in [5, 5.41) is 3.32. The normalized spacial score (nSPS) is 25.2. The van der Waals surface area contributed by atoms with Crippen LogP contribution in [0, 0.1) is 0 Å². The van der Waals surface area contributed by atoms with Crippen molar-refractivity contribution in [3.63, 3.8) is 0 Å². The monoisotopic (exact) mass is 247 g/mol. The summed E-state index contributed by atoms with van der Waals surface area (Å²) in [4.78, 5) is 15.9. The summed E-state index contributed by atoms with van der Waals surface area (Å²) in [6.07, 6.45) is -0.216. The van der Waals surface area contributed by atoms with Crippen LogP contribution < -0.4 is 10.2 Å². The maximum Gasteiger partial charge on any atom is 0.415 e. The predicted octanol–water partition coefficient (Wildman–Crippen LogP) is 0.874. The highest BCUT2D eigenvalue weighted by Crippen LogP contribution is 2.24. The number of cyclic esters (lactones) is 1. The third-order valence-corrected chi connectivity index (χ3v) is 3.46. The van der Waals surface area contributed by atoms with Gasteiger partial charge >= 0.3 is 6.09 Å². The van der Waals surface area contributed by atoms with Crippen LogP contribution in [0.15, 0.2) is 30.3 Å². The van der Waals surface area contributed by atoms with Crippen molar-refractivity contribution in [2.24, 2.45) is 0 Å². The van der Waals surface area contributed by atoms with E-state index in [0.717, 1.165) is 31.9 Å². The van der Waals surface area contributed by atoms with Crippen molar-refractivity contribution in [1.82, 2.24) is 10.2 Å². The second-order valence-corrected chi connectivity index (χ2v) is 4.55. The Bertz CT molecular complexity index is 418. The third-order valence-electron chi connectivity index (χ3n) is 3.46. The smallest absolute Gasteiger partial charge is 0.415 e. The van der Waals surface area contributed by atoms with Gasteiger partial charge in [-0.25, -0.2) is 4.79 Å².